The molecular formula is C16H18N2. The van der Waals surface area contributed by atoms with Crippen LogP contribution in [-0.4, -0.2) is 23.8 Å². The number of amidine groups is 1. The molecule has 2 aliphatic rings. The minimum Gasteiger partial charge on any atom is -0.355 e. The van der Waals surface area contributed by atoms with Gasteiger partial charge in [0.15, 0.2) is 0 Å². The van der Waals surface area contributed by atoms with Crippen molar-refractivity contribution in [1.29, 1.82) is 0 Å². The Bertz CT molecular complexity index is 525. The Balaban J connectivity index is 1.93. The van der Waals surface area contributed by atoms with Gasteiger partial charge in [-0.15, -0.1) is 0 Å². The van der Waals surface area contributed by atoms with E-state index in [-0.39, 0.29) is 6.04 Å². The van der Waals surface area contributed by atoms with Crippen molar-refractivity contribution in [3.63, 3.8) is 0 Å². The van der Waals surface area contributed by atoms with E-state index in [2.05, 4.69) is 67.4 Å². The lowest BCUT2D eigenvalue weighted by molar-refractivity contribution is 0.380. The summed E-state index contributed by atoms with van der Waals surface area (Å²) in [5, 5.41) is 0. The van der Waals surface area contributed by atoms with Crippen molar-refractivity contribution in [2.45, 2.75) is 25.4 Å². The van der Waals surface area contributed by atoms with E-state index in [0.717, 1.165) is 12.3 Å². The SMILES string of the molecule is C[C@H]1[C@@H](c2ccccc2)N=C(C2=CC=CC2)N1C. The highest BCUT2D eigenvalue weighted by atomic mass is 15.3. The minimum atomic E-state index is 0.257. The van der Waals surface area contributed by atoms with Gasteiger partial charge in [-0.1, -0.05) is 48.6 Å². The van der Waals surface area contributed by atoms with Crippen molar-refractivity contribution in [2.24, 2.45) is 4.99 Å². The topological polar surface area (TPSA) is 15.6 Å². The van der Waals surface area contributed by atoms with Gasteiger partial charge in [0.05, 0.1) is 12.1 Å². The number of nitrogens with zero attached hydrogens (tertiary/aromatic N) is 2. The van der Waals surface area contributed by atoms with Crippen LogP contribution in [0.2, 0.25) is 0 Å². The summed E-state index contributed by atoms with van der Waals surface area (Å²) in [6.45, 7) is 2.25. The highest BCUT2D eigenvalue weighted by Crippen LogP contribution is 2.33. The third-order valence-corrected chi connectivity index (χ3v) is 3.86. The van der Waals surface area contributed by atoms with Crippen LogP contribution in [0.25, 0.3) is 0 Å². The predicted molar refractivity (Wildman–Crippen MR) is 75.7 cm³/mol. The predicted octanol–water partition coefficient (Wildman–Crippen LogP) is 3.35. The first-order valence-electron chi connectivity index (χ1n) is 6.49. The lowest BCUT2D eigenvalue weighted by atomic mass is 10.0. The Morgan fingerprint density at radius 2 is 2.00 bits per heavy atom. The van der Waals surface area contributed by atoms with Crippen molar-refractivity contribution in [2.75, 3.05) is 7.05 Å². The number of allylic oxidation sites excluding steroid dienone is 3. The molecule has 0 spiro atoms. The molecule has 0 radical (unpaired) electrons. The molecule has 0 unspecified atom stereocenters. The molecule has 92 valence electrons. The van der Waals surface area contributed by atoms with E-state index >= 15 is 0 Å². The van der Waals surface area contributed by atoms with Crippen LogP contribution in [0.15, 0.2) is 59.1 Å². The molecule has 2 heteroatoms. The summed E-state index contributed by atoms with van der Waals surface area (Å²) in [6, 6.07) is 11.3. The summed E-state index contributed by atoms with van der Waals surface area (Å²) in [5.41, 5.74) is 2.64. The van der Waals surface area contributed by atoms with Gasteiger partial charge in [-0.05, 0) is 24.5 Å². The van der Waals surface area contributed by atoms with E-state index in [4.69, 9.17) is 4.99 Å². The fourth-order valence-corrected chi connectivity index (χ4v) is 2.66. The van der Waals surface area contributed by atoms with Gasteiger partial charge in [0, 0.05) is 7.05 Å². The molecule has 0 amide bonds. The molecule has 1 aromatic carbocycles. The summed E-state index contributed by atoms with van der Waals surface area (Å²) < 4.78 is 0. The Morgan fingerprint density at radius 1 is 1.22 bits per heavy atom. The van der Waals surface area contributed by atoms with Gasteiger partial charge in [0.25, 0.3) is 0 Å². The van der Waals surface area contributed by atoms with Crippen LogP contribution in [0.5, 0.6) is 0 Å². The van der Waals surface area contributed by atoms with E-state index in [9.17, 15) is 0 Å². The monoisotopic (exact) mass is 238 g/mol. The minimum absolute atomic E-state index is 0.257. The highest BCUT2D eigenvalue weighted by Gasteiger charge is 2.32. The van der Waals surface area contributed by atoms with Crippen molar-refractivity contribution in [1.82, 2.24) is 4.90 Å². The van der Waals surface area contributed by atoms with Crippen molar-refractivity contribution in [3.05, 3.63) is 59.7 Å². The standard InChI is InChI=1S/C16H18N2/c1-12-15(13-8-4-3-5-9-13)17-16(18(12)2)14-10-6-7-11-14/h3-10,12,15H,11H2,1-2H3/t12-,15-/m0/s1. The van der Waals surface area contributed by atoms with Crippen molar-refractivity contribution >= 4 is 5.84 Å². The van der Waals surface area contributed by atoms with Crippen LogP contribution in [0, 0.1) is 0 Å². The second-order valence-electron chi connectivity index (χ2n) is 4.98. The molecule has 0 N–H and O–H groups in total. The summed E-state index contributed by atoms with van der Waals surface area (Å²) in [5.74, 6) is 1.15. The van der Waals surface area contributed by atoms with E-state index in [1.165, 1.54) is 11.1 Å². The Morgan fingerprint density at radius 3 is 2.67 bits per heavy atom. The van der Waals surface area contributed by atoms with Crippen LogP contribution < -0.4 is 0 Å². The molecule has 2 atom stereocenters. The number of likely N-dealkylation sites (N-methyl/N-ethyl adjacent to an activating group) is 1. The van der Waals surface area contributed by atoms with Crippen LogP contribution in [0.4, 0.5) is 0 Å². The van der Waals surface area contributed by atoms with Crippen molar-refractivity contribution < 1.29 is 0 Å². The van der Waals surface area contributed by atoms with Crippen LogP contribution in [-0.2, 0) is 0 Å². The first-order valence-corrected chi connectivity index (χ1v) is 6.49. The van der Waals surface area contributed by atoms with Crippen LogP contribution in [0.3, 0.4) is 0 Å². The lowest BCUT2D eigenvalue weighted by Crippen LogP contribution is -2.32. The lowest BCUT2D eigenvalue weighted by Gasteiger charge is -2.23. The maximum atomic E-state index is 4.94. The molecule has 0 bridgehead atoms. The second-order valence-corrected chi connectivity index (χ2v) is 4.98. The maximum Gasteiger partial charge on any atom is 0.127 e. The van der Waals surface area contributed by atoms with Crippen molar-refractivity contribution in [3.8, 4) is 0 Å². The fourth-order valence-electron chi connectivity index (χ4n) is 2.66. The Labute approximate surface area is 108 Å². The molecule has 1 aliphatic heterocycles. The van der Waals surface area contributed by atoms with E-state index in [0.29, 0.717) is 6.04 Å². The fraction of sp³-hybridized carbons (Fsp3) is 0.312. The van der Waals surface area contributed by atoms with E-state index in [1.54, 1.807) is 0 Å². The average molecular weight is 238 g/mol. The van der Waals surface area contributed by atoms with Crippen LogP contribution >= 0.6 is 0 Å². The molecule has 2 nitrogen and oxygen atoms in total. The van der Waals surface area contributed by atoms with Gasteiger partial charge in [-0.3, -0.25) is 4.99 Å². The number of rotatable bonds is 2. The smallest absolute Gasteiger partial charge is 0.127 e. The van der Waals surface area contributed by atoms with Gasteiger partial charge in [0.1, 0.15) is 5.84 Å². The molecule has 3 rings (SSSR count). The molecule has 1 aliphatic carbocycles. The molecule has 0 fully saturated rings. The second kappa shape index (κ2) is 4.45. The molecular weight excluding hydrogens is 220 g/mol. The quantitative estimate of drug-likeness (QED) is 0.771. The zero-order chi connectivity index (χ0) is 12.5. The summed E-state index contributed by atoms with van der Waals surface area (Å²) in [6.07, 6.45) is 7.49. The van der Waals surface area contributed by atoms with Gasteiger partial charge in [-0.2, -0.15) is 0 Å². The van der Waals surface area contributed by atoms with Gasteiger partial charge in [0.2, 0.25) is 0 Å². The average Bonchev–Trinajstić information content (AvgIpc) is 3.01. The van der Waals surface area contributed by atoms with E-state index < -0.39 is 0 Å². The molecule has 0 saturated carbocycles. The largest absolute Gasteiger partial charge is 0.355 e. The van der Waals surface area contributed by atoms with Gasteiger partial charge >= 0.3 is 0 Å². The molecule has 0 aromatic heterocycles. The molecule has 0 saturated heterocycles. The third kappa shape index (κ3) is 1.78. The number of hydrogen-bond acceptors (Lipinski definition) is 2. The van der Waals surface area contributed by atoms with Gasteiger partial charge < -0.3 is 4.90 Å². The summed E-state index contributed by atoms with van der Waals surface area (Å²) in [7, 11) is 2.14. The summed E-state index contributed by atoms with van der Waals surface area (Å²) >= 11 is 0. The Kier molecular flexibility index (Phi) is 2.78. The highest BCUT2D eigenvalue weighted by molar-refractivity contribution is 6.00. The normalized spacial score (nSPS) is 26.4. The summed E-state index contributed by atoms with van der Waals surface area (Å²) in [4.78, 5) is 7.24. The zero-order valence-corrected chi connectivity index (χ0v) is 10.9. The Hall–Kier alpha value is -1.83. The zero-order valence-electron chi connectivity index (χ0n) is 10.9. The van der Waals surface area contributed by atoms with Crippen LogP contribution in [0.1, 0.15) is 24.9 Å². The first-order chi connectivity index (χ1) is 8.77. The number of benzene rings is 1. The van der Waals surface area contributed by atoms with E-state index in [1.807, 2.05) is 0 Å². The molecule has 1 heterocycles. The molecule has 18 heavy (non-hydrogen) atoms. The van der Waals surface area contributed by atoms with Gasteiger partial charge in [-0.25, -0.2) is 0 Å². The maximum absolute atomic E-state index is 4.94. The first kappa shape index (κ1) is 11.3. The molecule has 1 aromatic rings. The number of aliphatic imine (C=N–C) groups is 1. The third-order valence-electron chi connectivity index (χ3n) is 3.86. The number of hydrogen-bond donors (Lipinski definition) is 0.